The predicted molar refractivity (Wildman–Crippen MR) is 70.9 cm³/mol. The number of rotatable bonds is 6. The molecular weight excluding hydrogens is 238 g/mol. The molecule has 0 bridgehead atoms. The SMILES string of the molecule is CCOCCN(C)c1ncnc(Cl)c1C(C)C. The Morgan fingerprint density at radius 2 is 2.12 bits per heavy atom. The minimum absolute atomic E-state index is 0.299. The molecule has 1 heterocycles. The van der Waals surface area contributed by atoms with Crippen molar-refractivity contribution in [2.24, 2.45) is 0 Å². The zero-order valence-electron chi connectivity index (χ0n) is 10.9. The Bertz CT molecular complexity index is 358. The van der Waals surface area contributed by atoms with Crippen LogP contribution in [0.3, 0.4) is 0 Å². The summed E-state index contributed by atoms with van der Waals surface area (Å²) in [5.41, 5.74) is 0.994. The summed E-state index contributed by atoms with van der Waals surface area (Å²) in [5, 5.41) is 0.535. The first-order valence-electron chi connectivity index (χ1n) is 5.87. The number of halogens is 1. The molecule has 4 nitrogen and oxygen atoms in total. The number of anilines is 1. The van der Waals surface area contributed by atoms with E-state index in [1.165, 1.54) is 6.33 Å². The molecule has 17 heavy (non-hydrogen) atoms. The number of hydrogen-bond acceptors (Lipinski definition) is 4. The number of nitrogens with zero attached hydrogens (tertiary/aromatic N) is 3. The van der Waals surface area contributed by atoms with Crippen molar-refractivity contribution < 1.29 is 4.74 Å². The molecule has 0 aliphatic rings. The van der Waals surface area contributed by atoms with Gasteiger partial charge in [0.15, 0.2) is 0 Å². The molecule has 0 amide bonds. The molecule has 1 aromatic rings. The number of hydrogen-bond donors (Lipinski definition) is 0. The third-order valence-corrected chi connectivity index (χ3v) is 2.83. The van der Waals surface area contributed by atoms with Crippen molar-refractivity contribution in [3.05, 3.63) is 17.0 Å². The Labute approximate surface area is 108 Å². The van der Waals surface area contributed by atoms with Gasteiger partial charge >= 0.3 is 0 Å². The summed E-state index contributed by atoms with van der Waals surface area (Å²) in [6, 6.07) is 0. The van der Waals surface area contributed by atoms with Crippen molar-refractivity contribution in [3.8, 4) is 0 Å². The highest BCUT2D eigenvalue weighted by atomic mass is 35.5. The molecule has 0 atom stereocenters. The zero-order chi connectivity index (χ0) is 12.8. The highest BCUT2D eigenvalue weighted by Crippen LogP contribution is 2.29. The van der Waals surface area contributed by atoms with Crippen LogP contribution in [0.5, 0.6) is 0 Å². The Hall–Kier alpha value is -0.870. The molecule has 0 aromatic carbocycles. The first kappa shape index (κ1) is 14.2. The Morgan fingerprint density at radius 3 is 2.71 bits per heavy atom. The second-order valence-corrected chi connectivity index (χ2v) is 4.53. The van der Waals surface area contributed by atoms with Crippen LogP contribution in [-0.2, 0) is 4.74 Å². The van der Waals surface area contributed by atoms with Crippen molar-refractivity contribution in [3.63, 3.8) is 0 Å². The lowest BCUT2D eigenvalue weighted by molar-refractivity contribution is 0.154. The van der Waals surface area contributed by atoms with E-state index in [1.54, 1.807) is 0 Å². The number of ether oxygens (including phenoxy) is 1. The standard InChI is InChI=1S/C12H20ClN3O/c1-5-17-7-6-16(4)12-10(9(2)3)11(13)14-8-15-12/h8-9H,5-7H2,1-4H3. The molecule has 0 N–H and O–H groups in total. The van der Waals surface area contributed by atoms with Gasteiger partial charge in [0.25, 0.3) is 0 Å². The van der Waals surface area contributed by atoms with E-state index >= 15 is 0 Å². The van der Waals surface area contributed by atoms with Gasteiger partial charge < -0.3 is 9.64 Å². The van der Waals surface area contributed by atoms with Crippen molar-refractivity contribution in [1.82, 2.24) is 9.97 Å². The van der Waals surface area contributed by atoms with Gasteiger partial charge in [-0.3, -0.25) is 0 Å². The smallest absolute Gasteiger partial charge is 0.138 e. The van der Waals surface area contributed by atoms with Gasteiger partial charge in [-0.05, 0) is 12.8 Å². The molecule has 5 heteroatoms. The van der Waals surface area contributed by atoms with Crippen LogP contribution >= 0.6 is 11.6 Å². The second kappa shape index (κ2) is 6.77. The highest BCUT2D eigenvalue weighted by molar-refractivity contribution is 6.30. The molecule has 1 rings (SSSR count). The molecular formula is C12H20ClN3O. The molecule has 0 spiro atoms. The lowest BCUT2D eigenvalue weighted by Crippen LogP contribution is -2.25. The topological polar surface area (TPSA) is 38.2 Å². The minimum atomic E-state index is 0.299. The summed E-state index contributed by atoms with van der Waals surface area (Å²) < 4.78 is 5.34. The largest absolute Gasteiger partial charge is 0.380 e. The molecule has 0 unspecified atom stereocenters. The summed E-state index contributed by atoms with van der Waals surface area (Å²) in [6.45, 7) is 8.37. The van der Waals surface area contributed by atoms with Crippen LogP contribution in [0.25, 0.3) is 0 Å². The van der Waals surface area contributed by atoms with Gasteiger partial charge in [0, 0.05) is 25.8 Å². The Kier molecular flexibility index (Phi) is 5.65. The third-order valence-electron chi connectivity index (χ3n) is 2.53. The van der Waals surface area contributed by atoms with E-state index < -0.39 is 0 Å². The van der Waals surface area contributed by atoms with Gasteiger partial charge in [0.1, 0.15) is 17.3 Å². The normalized spacial score (nSPS) is 10.9. The third kappa shape index (κ3) is 3.82. The van der Waals surface area contributed by atoms with Crippen LogP contribution in [0.2, 0.25) is 5.15 Å². The monoisotopic (exact) mass is 257 g/mol. The molecule has 0 saturated carbocycles. The van der Waals surface area contributed by atoms with Gasteiger partial charge in [-0.25, -0.2) is 9.97 Å². The molecule has 0 saturated heterocycles. The van der Waals surface area contributed by atoms with Gasteiger partial charge in [-0.2, -0.15) is 0 Å². The van der Waals surface area contributed by atoms with Gasteiger partial charge in [0.2, 0.25) is 0 Å². The van der Waals surface area contributed by atoms with E-state index in [4.69, 9.17) is 16.3 Å². The van der Waals surface area contributed by atoms with Crippen LogP contribution in [0.15, 0.2) is 6.33 Å². The fourth-order valence-corrected chi connectivity index (χ4v) is 1.96. The summed E-state index contributed by atoms with van der Waals surface area (Å²) in [7, 11) is 1.99. The van der Waals surface area contributed by atoms with Crippen LogP contribution in [-0.4, -0.2) is 36.8 Å². The first-order chi connectivity index (χ1) is 8.07. The van der Waals surface area contributed by atoms with Gasteiger partial charge in [-0.15, -0.1) is 0 Å². The first-order valence-corrected chi connectivity index (χ1v) is 6.25. The summed E-state index contributed by atoms with van der Waals surface area (Å²) in [4.78, 5) is 10.4. The van der Waals surface area contributed by atoms with E-state index in [2.05, 4.69) is 28.7 Å². The van der Waals surface area contributed by atoms with Crippen molar-refractivity contribution >= 4 is 17.4 Å². The average Bonchev–Trinajstić information content (AvgIpc) is 2.28. The van der Waals surface area contributed by atoms with Crippen LogP contribution in [0.4, 0.5) is 5.82 Å². The van der Waals surface area contributed by atoms with Crippen LogP contribution in [0.1, 0.15) is 32.3 Å². The molecule has 0 aliphatic heterocycles. The molecule has 0 aliphatic carbocycles. The average molecular weight is 258 g/mol. The van der Waals surface area contributed by atoms with E-state index in [1.807, 2.05) is 14.0 Å². The molecule has 0 radical (unpaired) electrons. The van der Waals surface area contributed by atoms with Gasteiger partial charge in [-0.1, -0.05) is 25.4 Å². The summed E-state index contributed by atoms with van der Waals surface area (Å²) >= 11 is 6.12. The summed E-state index contributed by atoms with van der Waals surface area (Å²) in [5.74, 6) is 1.19. The maximum atomic E-state index is 6.12. The minimum Gasteiger partial charge on any atom is -0.380 e. The molecule has 96 valence electrons. The summed E-state index contributed by atoms with van der Waals surface area (Å²) in [6.07, 6.45) is 1.50. The van der Waals surface area contributed by atoms with Crippen molar-refractivity contribution in [2.75, 3.05) is 31.7 Å². The number of aromatic nitrogens is 2. The Balaban J connectivity index is 2.85. The lowest BCUT2D eigenvalue weighted by atomic mass is 10.1. The van der Waals surface area contributed by atoms with E-state index in [9.17, 15) is 0 Å². The second-order valence-electron chi connectivity index (χ2n) is 4.17. The fraction of sp³-hybridized carbons (Fsp3) is 0.667. The lowest BCUT2D eigenvalue weighted by Gasteiger charge is -2.22. The van der Waals surface area contributed by atoms with E-state index in [-0.39, 0.29) is 0 Å². The van der Waals surface area contributed by atoms with Crippen LogP contribution in [0, 0.1) is 0 Å². The Morgan fingerprint density at radius 1 is 1.41 bits per heavy atom. The highest BCUT2D eigenvalue weighted by Gasteiger charge is 2.16. The predicted octanol–water partition coefficient (Wildman–Crippen LogP) is 2.73. The van der Waals surface area contributed by atoms with Crippen molar-refractivity contribution in [2.45, 2.75) is 26.7 Å². The van der Waals surface area contributed by atoms with Gasteiger partial charge in [0.05, 0.1) is 6.61 Å². The quantitative estimate of drug-likeness (QED) is 0.580. The molecule has 1 aromatic heterocycles. The van der Waals surface area contributed by atoms with E-state index in [0.29, 0.717) is 17.7 Å². The zero-order valence-corrected chi connectivity index (χ0v) is 11.7. The van der Waals surface area contributed by atoms with Crippen molar-refractivity contribution in [1.29, 1.82) is 0 Å². The van der Waals surface area contributed by atoms with E-state index in [0.717, 1.165) is 24.5 Å². The van der Waals surface area contributed by atoms with Crippen LogP contribution < -0.4 is 4.90 Å². The maximum absolute atomic E-state index is 6.12. The molecule has 0 fully saturated rings. The maximum Gasteiger partial charge on any atom is 0.138 e. The number of likely N-dealkylation sites (N-methyl/N-ethyl adjacent to an activating group) is 1. The fourth-order valence-electron chi connectivity index (χ4n) is 1.62.